The quantitative estimate of drug-likeness (QED) is 0.684. The van der Waals surface area contributed by atoms with Gasteiger partial charge in [0.1, 0.15) is 22.9 Å². The molecule has 0 aliphatic heterocycles. The Labute approximate surface area is 96.9 Å². The monoisotopic (exact) mass is 228 g/mol. The Bertz CT molecular complexity index is 668. The summed E-state index contributed by atoms with van der Waals surface area (Å²) >= 11 is 0. The fourth-order valence-corrected chi connectivity index (χ4v) is 1.78. The number of phenols is 1. The molecule has 0 atom stereocenters. The number of halogens is 1. The first-order chi connectivity index (χ1) is 8.22. The maximum atomic E-state index is 12.8. The summed E-state index contributed by atoms with van der Waals surface area (Å²) in [5.41, 5.74) is 1.42. The SMILES string of the molecule is Oc1ccc2cc(-c3ccc(F)cc3)oc2c1. The van der Waals surface area contributed by atoms with Gasteiger partial charge >= 0.3 is 0 Å². The number of aromatic hydroxyl groups is 1. The van der Waals surface area contributed by atoms with Crippen molar-refractivity contribution in [1.29, 1.82) is 0 Å². The van der Waals surface area contributed by atoms with Crippen molar-refractivity contribution in [3.8, 4) is 17.1 Å². The summed E-state index contributed by atoms with van der Waals surface area (Å²) in [5, 5.41) is 10.2. The van der Waals surface area contributed by atoms with E-state index < -0.39 is 0 Å². The fraction of sp³-hybridized carbons (Fsp3) is 0. The molecule has 2 aromatic carbocycles. The first kappa shape index (κ1) is 9.90. The van der Waals surface area contributed by atoms with Crippen molar-refractivity contribution in [2.24, 2.45) is 0 Å². The number of phenolic OH excluding ortho intramolecular Hbond substituents is 1. The largest absolute Gasteiger partial charge is 0.508 e. The summed E-state index contributed by atoms with van der Waals surface area (Å²) in [6.45, 7) is 0. The maximum absolute atomic E-state index is 12.8. The topological polar surface area (TPSA) is 33.4 Å². The van der Waals surface area contributed by atoms with Crippen LogP contribution in [0.5, 0.6) is 5.75 Å². The minimum absolute atomic E-state index is 0.164. The second kappa shape index (κ2) is 3.63. The number of rotatable bonds is 1. The molecular formula is C14H9FO2. The van der Waals surface area contributed by atoms with Crippen molar-refractivity contribution in [2.75, 3.05) is 0 Å². The smallest absolute Gasteiger partial charge is 0.138 e. The lowest BCUT2D eigenvalue weighted by Gasteiger charge is -1.95. The summed E-state index contributed by atoms with van der Waals surface area (Å²) in [5.74, 6) is 0.547. The molecule has 1 N–H and O–H groups in total. The third-order valence-corrected chi connectivity index (χ3v) is 2.63. The Morgan fingerprint density at radius 3 is 2.47 bits per heavy atom. The first-order valence-electron chi connectivity index (χ1n) is 5.21. The molecule has 0 aliphatic rings. The molecular weight excluding hydrogens is 219 g/mol. The van der Waals surface area contributed by atoms with Crippen LogP contribution in [-0.4, -0.2) is 5.11 Å². The molecule has 0 fully saturated rings. The van der Waals surface area contributed by atoms with Crippen LogP contribution in [0.15, 0.2) is 52.9 Å². The van der Waals surface area contributed by atoms with E-state index in [1.54, 1.807) is 30.3 Å². The van der Waals surface area contributed by atoms with Crippen molar-refractivity contribution in [1.82, 2.24) is 0 Å². The number of hydrogen-bond donors (Lipinski definition) is 1. The maximum Gasteiger partial charge on any atom is 0.138 e. The number of benzene rings is 2. The van der Waals surface area contributed by atoms with Crippen molar-refractivity contribution < 1.29 is 13.9 Å². The van der Waals surface area contributed by atoms with Crippen molar-refractivity contribution >= 4 is 11.0 Å². The molecule has 0 radical (unpaired) electrons. The Hall–Kier alpha value is -2.29. The van der Waals surface area contributed by atoms with Crippen LogP contribution in [-0.2, 0) is 0 Å². The summed E-state index contributed by atoms with van der Waals surface area (Å²) in [6.07, 6.45) is 0. The normalized spacial score (nSPS) is 10.9. The van der Waals surface area contributed by atoms with Gasteiger partial charge in [0, 0.05) is 17.0 Å². The number of furan rings is 1. The van der Waals surface area contributed by atoms with Gasteiger partial charge in [0.15, 0.2) is 0 Å². The molecule has 0 aliphatic carbocycles. The third kappa shape index (κ3) is 1.76. The van der Waals surface area contributed by atoms with Crippen LogP contribution in [0, 0.1) is 5.82 Å². The van der Waals surface area contributed by atoms with Crippen molar-refractivity contribution in [3.05, 3.63) is 54.3 Å². The average Bonchev–Trinajstić information content (AvgIpc) is 2.72. The van der Waals surface area contributed by atoms with Gasteiger partial charge in [0.05, 0.1) is 0 Å². The summed E-state index contributed by atoms with van der Waals surface area (Å²) in [7, 11) is 0. The van der Waals surface area contributed by atoms with E-state index in [0.717, 1.165) is 10.9 Å². The summed E-state index contributed by atoms with van der Waals surface area (Å²) in [6, 6.07) is 12.9. The molecule has 3 aromatic rings. The molecule has 1 heterocycles. The minimum Gasteiger partial charge on any atom is -0.508 e. The van der Waals surface area contributed by atoms with E-state index >= 15 is 0 Å². The van der Waals surface area contributed by atoms with Gasteiger partial charge in [0.25, 0.3) is 0 Å². The van der Waals surface area contributed by atoms with Crippen LogP contribution in [0.3, 0.4) is 0 Å². The van der Waals surface area contributed by atoms with Crippen LogP contribution < -0.4 is 0 Å². The molecule has 3 rings (SSSR count). The molecule has 0 bridgehead atoms. The lowest BCUT2D eigenvalue weighted by molar-refractivity contribution is 0.474. The Kier molecular flexibility index (Phi) is 2.11. The molecule has 0 saturated carbocycles. The number of hydrogen-bond acceptors (Lipinski definition) is 2. The van der Waals surface area contributed by atoms with Gasteiger partial charge in [0.2, 0.25) is 0 Å². The van der Waals surface area contributed by atoms with Crippen LogP contribution in [0.4, 0.5) is 4.39 Å². The van der Waals surface area contributed by atoms with E-state index in [4.69, 9.17) is 4.42 Å². The van der Waals surface area contributed by atoms with E-state index in [1.807, 2.05) is 6.07 Å². The van der Waals surface area contributed by atoms with Crippen LogP contribution in [0.2, 0.25) is 0 Å². The first-order valence-corrected chi connectivity index (χ1v) is 5.21. The van der Waals surface area contributed by atoms with Gasteiger partial charge in [-0.2, -0.15) is 0 Å². The molecule has 84 valence electrons. The van der Waals surface area contributed by atoms with E-state index in [-0.39, 0.29) is 11.6 Å². The van der Waals surface area contributed by atoms with E-state index in [2.05, 4.69) is 0 Å². The zero-order valence-electron chi connectivity index (χ0n) is 8.85. The molecule has 2 nitrogen and oxygen atoms in total. The highest BCUT2D eigenvalue weighted by Gasteiger charge is 2.06. The summed E-state index contributed by atoms with van der Waals surface area (Å²) in [4.78, 5) is 0. The van der Waals surface area contributed by atoms with Crippen molar-refractivity contribution in [3.63, 3.8) is 0 Å². The van der Waals surface area contributed by atoms with E-state index in [9.17, 15) is 9.50 Å². The Balaban J connectivity index is 2.14. The highest BCUT2D eigenvalue weighted by Crippen LogP contribution is 2.29. The van der Waals surface area contributed by atoms with Gasteiger partial charge in [-0.05, 0) is 42.5 Å². The van der Waals surface area contributed by atoms with E-state index in [0.29, 0.717) is 11.3 Å². The molecule has 17 heavy (non-hydrogen) atoms. The lowest BCUT2D eigenvalue weighted by atomic mass is 10.1. The van der Waals surface area contributed by atoms with Gasteiger partial charge in [-0.15, -0.1) is 0 Å². The predicted molar refractivity (Wildman–Crippen MR) is 63.3 cm³/mol. The summed E-state index contributed by atoms with van der Waals surface area (Å²) < 4.78 is 18.4. The zero-order valence-corrected chi connectivity index (χ0v) is 8.85. The molecule has 0 amide bonds. The zero-order chi connectivity index (χ0) is 11.8. The van der Waals surface area contributed by atoms with Gasteiger partial charge in [-0.3, -0.25) is 0 Å². The molecule has 0 unspecified atom stereocenters. The number of fused-ring (bicyclic) bond motifs is 1. The molecule has 0 saturated heterocycles. The Morgan fingerprint density at radius 1 is 0.941 bits per heavy atom. The van der Waals surface area contributed by atoms with Crippen molar-refractivity contribution in [2.45, 2.75) is 0 Å². The predicted octanol–water partition coefficient (Wildman–Crippen LogP) is 3.94. The highest BCUT2D eigenvalue weighted by atomic mass is 19.1. The fourth-order valence-electron chi connectivity index (χ4n) is 1.78. The van der Waals surface area contributed by atoms with Gasteiger partial charge in [-0.1, -0.05) is 0 Å². The van der Waals surface area contributed by atoms with Crippen LogP contribution in [0.1, 0.15) is 0 Å². The lowest BCUT2D eigenvalue weighted by Crippen LogP contribution is -1.74. The Morgan fingerprint density at radius 2 is 1.71 bits per heavy atom. The van der Waals surface area contributed by atoms with Crippen LogP contribution >= 0.6 is 0 Å². The van der Waals surface area contributed by atoms with Crippen LogP contribution in [0.25, 0.3) is 22.3 Å². The van der Waals surface area contributed by atoms with Gasteiger partial charge in [-0.25, -0.2) is 4.39 Å². The average molecular weight is 228 g/mol. The minimum atomic E-state index is -0.275. The second-order valence-corrected chi connectivity index (χ2v) is 3.84. The van der Waals surface area contributed by atoms with Gasteiger partial charge < -0.3 is 9.52 Å². The standard InChI is InChI=1S/C14H9FO2/c15-11-4-1-9(2-5-11)13-7-10-3-6-12(16)8-14(10)17-13/h1-8,16H. The molecule has 0 spiro atoms. The third-order valence-electron chi connectivity index (χ3n) is 2.63. The van der Waals surface area contributed by atoms with E-state index in [1.165, 1.54) is 12.1 Å². The second-order valence-electron chi connectivity index (χ2n) is 3.84. The molecule has 1 aromatic heterocycles. The molecule has 3 heteroatoms. The highest BCUT2D eigenvalue weighted by molar-refractivity contribution is 5.83.